The van der Waals surface area contributed by atoms with Crippen molar-refractivity contribution in [3.63, 3.8) is 0 Å². The van der Waals surface area contributed by atoms with Gasteiger partial charge in [-0.3, -0.25) is 9.59 Å². The molecule has 1 N–H and O–H groups in total. The number of hydrogen-bond acceptors (Lipinski definition) is 2. The van der Waals surface area contributed by atoms with E-state index in [1.54, 1.807) is 4.90 Å². The lowest BCUT2D eigenvalue weighted by atomic mass is 10.0. The van der Waals surface area contributed by atoms with Crippen molar-refractivity contribution < 1.29 is 14.7 Å². The molecular formula is C15H18BrNO3. The van der Waals surface area contributed by atoms with Crippen molar-refractivity contribution in [3.05, 3.63) is 34.3 Å². The van der Waals surface area contributed by atoms with Crippen LogP contribution in [0.2, 0.25) is 0 Å². The van der Waals surface area contributed by atoms with Gasteiger partial charge in [-0.15, -0.1) is 0 Å². The molecule has 1 amide bonds. The van der Waals surface area contributed by atoms with Crippen LogP contribution in [0.25, 0.3) is 0 Å². The van der Waals surface area contributed by atoms with Gasteiger partial charge in [-0.1, -0.05) is 28.1 Å². The fraction of sp³-hybridized carbons (Fsp3) is 0.467. The van der Waals surface area contributed by atoms with Crippen molar-refractivity contribution in [2.45, 2.75) is 32.2 Å². The zero-order valence-electron chi connectivity index (χ0n) is 11.4. The highest BCUT2D eigenvalue weighted by Crippen LogP contribution is 2.25. The van der Waals surface area contributed by atoms with Crippen LogP contribution in [-0.4, -0.2) is 34.5 Å². The first-order valence-electron chi connectivity index (χ1n) is 6.75. The monoisotopic (exact) mass is 339 g/mol. The molecule has 2 unspecified atom stereocenters. The Morgan fingerprint density at radius 2 is 2.00 bits per heavy atom. The number of likely N-dealkylation sites (tertiary alicyclic amines) is 1. The van der Waals surface area contributed by atoms with Crippen molar-refractivity contribution >= 4 is 27.8 Å². The molecule has 108 valence electrons. The van der Waals surface area contributed by atoms with E-state index in [4.69, 9.17) is 5.11 Å². The molecule has 1 aromatic carbocycles. The van der Waals surface area contributed by atoms with Crippen LogP contribution in [0.5, 0.6) is 0 Å². The number of aliphatic carboxylic acids is 1. The van der Waals surface area contributed by atoms with Crippen LogP contribution >= 0.6 is 15.9 Å². The highest BCUT2D eigenvalue weighted by Gasteiger charge is 2.37. The predicted molar refractivity (Wildman–Crippen MR) is 79.4 cm³/mol. The molecular weight excluding hydrogens is 322 g/mol. The van der Waals surface area contributed by atoms with Crippen molar-refractivity contribution in [2.24, 2.45) is 5.92 Å². The molecule has 0 radical (unpaired) electrons. The number of carboxylic acid groups (broad SMARTS) is 1. The molecule has 0 saturated carbocycles. The Kier molecular flexibility index (Phi) is 4.81. The maximum Gasteiger partial charge on any atom is 0.308 e. The predicted octanol–water partition coefficient (Wildman–Crippen LogP) is 2.70. The molecule has 1 aliphatic rings. The first-order valence-corrected chi connectivity index (χ1v) is 7.55. The summed E-state index contributed by atoms with van der Waals surface area (Å²) in [5, 5.41) is 9.07. The number of carboxylic acids is 1. The fourth-order valence-electron chi connectivity index (χ4n) is 2.67. The Balaban J connectivity index is 1.89. The molecule has 2 atom stereocenters. The van der Waals surface area contributed by atoms with Crippen LogP contribution < -0.4 is 0 Å². The molecule has 0 aromatic heterocycles. The average Bonchev–Trinajstić information content (AvgIpc) is 2.80. The van der Waals surface area contributed by atoms with Crippen LogP contribution in [0.3, 0.4) is 0 Å². The third kappa shape index (κ3) is 3.39. The summed E-state index contributed by atoms with van der Waals surface area (Å²) in [6, 6.07) is 7.69. The lowest BCUT2D eigenvalue weighted by Crippen LogP contribution is -2.37. The SMILES string of the molecule is CC1C(C(=O)O)CCN1C(=O)CCc1ccc(Br)cc1. The van der Waals surface area contributed by atoms with E-state index in [0.717, 1.165) is 10.0 Å². The van der Waals surface area contributed by atoms with Crippen LogP contribution in [0.1, 0.15) is 25.3 Å². The van der Waals surface area contributed by atoms with Crippen LogP contribution in [-0.2, 0) is 16.0 Å². The average molecular weight is 340 g/mol. The number of hydrogen-bond donors (Lipinski definition) is 1. The van der Waals surface area contributed by atoms with Crippen LogP contribution in [0.15, 0.2) is 28.7 Å². The minimum Gasteiger partial charge on any atom is -0.481 e. The summed E-state index contributed by atoms with van der Waals surface area (Å²) in [6.07, 6.45) is 1.67. The first kappa shape index (κ1) is 15.0. The zero-order chi connectivity index (χ0) is 14.7. The smallest absolute Gasteiger partial charge is 0.308 e. The molecule has 1 aromatic rings. The number of rotatable bonds is 4. The van der Waals surface area contributed by atoms with Gasteiger partial charge in [0.1, 0.15) is 0 Å². The lowest BCUT2D eigenvalue weighted by Gasteiger charge is -2.23. The number of aryl methyl sites for hydroxylation is 1. The second-order valence-corrected chi connectivity index (χ2v) is 6.10. The van der Waals surface area contributed by atoms with E-state index in [-0.39, 0.29) is 11.9 Å². The van der Waals surface area contributed by atoms with E-state index in [1.807, 2.05) is 31.2 Å². The van der Waals surface area contributed by atoms with Crippen LogP contribution in [0, 0.1) is 5.92 Å². The Labute approximate surface area is 126 Å². The third-order valence-corrected chi connectivity index (χ3v) is 4.46. The maximum absolute atomic E-state index is 12.2. The highest BCUT2D eigenvalue weighted by atomic mass is 79.9. The Morgan fingerprint density at radius 1 is 1.35 bits per heavy atom. The molecule has 1 saturated heterocycles. The van der Waals surface area contributed by atoms with E-state index >= 15 is 0 Å². The van der Waals surface area contributed by atoms with Gasteiger partial charge in [0.2, 0.25) is 5.91 Å². The number of carbonyl (C=O) groups excluding carboxylic acids is 1. The van der Waals surface area contributed by atoms with Crippen molar-refractivity contribution in [1.82, 2.24) is 4.90 Å². The van der Waals surface area contributed by atoms with Gasteiger partial charge >= 0.3 is 5.97 Å². The summed E-state index contributed by atoms with van der Waals surface area (Å²) in [4.78, 5) is 24.9. The minimum atomic E-state index is -0.805. The van der Waals surface area contributed by atoms with Crippen molar-refractivity contribution in [3.8, 4) is 0 Å². The lowest BCUT2D eigenvalue weighted by molar-refractivity contribution is -0.143. The highest BCUT2D eigenvalue weighted by molar-refractivity contribution is 9.10. The fourth-order valence-corrected chi connectivity index (χ4v) is 2.93. The Bertz CT molecular complexity index is 500. The minimum absolute atomic E-state index is 0.0455. The second-order valence-electron chi connectivity index (χ2n) is 5.19. The molecule has 20 heavy (non-hydrogen) atoms. The molecule has 4 nitrogen and oxygen atoms in total. The number of halogens is 1. The van der Waals surface area contributed by atoms with Gasteiger partial charge in [-0.05, 0) is 37.5 Å². The molecule has 0 bridgehead atoms. The summed E-state index contributed by atoms with van der Waals surface area (Å²) in [6.45, 7) is 2.38. The van der Waals surface area contributed by atoms with Gasteiger partial charge in [-0.2, -0.15) is 0 Å². The molecule has 1 heterocycles. The molecule has 5 heteroatoms. The first-order chi connectivity index (χ1) is 9.49. The zero-order valence-corrected chi connectivity index (χ0v) is 13.0. The Morgan fingerprint density at radius 3 is 2.55 bits per heavy atom. The molecule has 0 spiro atoms. The van der Waals surface area contributed by atoms with Crippen molar-refractivity contribution in [1.29, 1.82) is 0 Å². The van der Waals surface area contributed by atoms with Gasteiger partial charge in [0.05, 0.1) is 5.92 Å². The molecule has 2 rings (SSSR count). The van der Waals surface area contributed by atoms with E-state index in [0.29, 0.717) is 25.8 Å². The van der Waals surface area contributed by atoms with Crippen molar-refractivity contribution in [2.75, 3.05) is 6.54 Å². The summed E-state index contributed by atoms with van der Waals surface area (Å²) >= 11 is 3.38. The molecule has 1 fully saturated rings. The second kappa shape index (κ2) is 6.39. The Hall–Kier alpha value is -1.36. The number of amides is 1. The number of nitrogens with zero attached hydrogens (tertiary/aromatic N) is 1. The number of benzene rings is 1. The molecule has 0 aliphatic carbocycles. The molecule has 1 aliphatic heterocycles. The maximum atomic E-state index is 12.2. The normalized spacial score (nSPS) is 22.0. The van der Waals surface area contributed by atoms with Crippen LogP contribution in [0.4, 0.5) is 0 Å². The third-order valence-electron chi connectivity index (χ3n) is 3.93. The van der Waals surface area contributed by atoms with Gasteiger partial charge in [0.15, 0.2) is 0 Å². The van der Waals surface area contributed by atoms with Gasteiger partial charge < -0.3 is 10.0 Å². The van der Waals surface area contributed by atoms with Gasteiger partial charge in [-0.25, -0.2) is 0 Å². The van der Waals surface area contributed by atoms with E-state index in [2.05, 4.69) is 15.9 Å². The van der Waals surface area contributed by atoms with Gasteiger partial charge in [0, 0.05) is 23.5 Å². The van der Waals surface area contributed by atoms with E-state index in [1.165, 1.54) is 0 Å². The topological polar surface area (TPSA) is 57.6 Å². The van der Waals surface area contributed by atoms with Gasteiger partial charge in [0.25, 0.3) is 0 Å². The summed E-state index contributed by atoms with van der Waals surface area (Å²) < 4.78 is 1.02. The quantitative estimate of drug-likeness (QED) is 0.917. The van der Waals surface area contributed by atoms with E-state index in [9.17, 15) is 9.59 Å². The largest absolute Gasteiger partial charge is 0.481 e. The summed E-state index contributed by atoms with van der Waals surface area (Å²) in [7, 11) is 0. The summed E-state index contributed by atoms with van der Waals surface area (Å²) in [5.41, 5.74) is 1.11. The summed E-state index contributed by atoms with van der Waals surface area (Å²) in [5.74, 6) is -1.18. The standard InChI is InChI=1S/C15H18BrNO3/c1-10-13(15(19)20)8-9-17(10)14(18)7-4-11-2-5-12(16)6-3-11/h2-3,5-6,10,13H,4,7-9H2,1H3,(H,19,20). The number of carbonyl (C=O) groups is 2. The van der Waals surface area contributed by atoms with E-state index < -0.39 is 11.9 Å².